The summed E-state index contributed by atoms with van der Waals surface area (Å²) in [5.74, 6) is 1.27. The van der Waals surface area contributed by atoms with Gasteiger partial charge >= 0.3 is 0 Å². The molecule has 1 aliphatic rings. The number of para-hydroxylation sites is 1. The molecule has 0 atom stereocenters. The van der Waals surface area contributed by atoms with Gasteiger partial charge in [0.25, 0.3) is 0 Å². The molecule has 3 N–H and O–H groups in total. The summed E-state index contributed by atoms with van der Waals surface area (Å²) in [7, 11) is 0. The Labute approximate surface area is 118 Å². The summed E-state index contributed by atoms with van der Waals surface area (Å²) < 4.78 is 0. The smallest absolute Gasteiger partial charge is 0.145 e. The molecular formula is C15H20N4O. The number of fused-ring (bicyclic) bond motifs is 1. The highest BCUT2D eigenvalue weighted by Gasteiger charge is 2.25. The van der Waals surface area contributed by atoms with Gasteiger partial charge < -0.3 is 10.8 Å². The molecule has 0 aliphatic heterocycles. The Morgan fingerprint density at radius 2 is 2.05 bits per heavy atom. The van der Waals surface area contributed by atoms with Crippen LogP contribution in [0.5, 0.6) is 0 Å². The molecule has 5 heteroatoms. The summed E-state index contributed by atoms with van der Waals surface area (Å²) in [6, 6.07) is 8.34. The van der Waals surface area contributed by atoms with Crippen molar-refractivity contribution >= 4 is 16.7 Å². The van der Waals surface area contributed by atoms with Crippen molar-refractivity contribution in [3.05, 3.63) is 30.1 Å². The fourth-order valence-electron chi connectivity index (χ4n) is 2.67. The first-order valence-corrected chi connectivity index (χ1v) is 7.14. The van der Waals surface area contributed by atoms with E-state index in [1.807, 2.05) is 24.3 Å². The Morgan fingerprint density at radius 1 is 1.25 bits per heavy atom. The van der Waals surface area contributed by atoms with Crippen LogP contribution in [0.15, 0.2) is 24.3 Å². The number of nitrogens with zero attached hydrogens (tertiary/aromatic N) is 3. The number of hydrogen-bond acceptors (Lipinski definition) is 5. The number of aliphatic hydroxyl groups excluding tert-OH is 1. The second-order valence-corrected chi connectivity index (χ2v) is 5.32. The average Bonchev–Trinajstić information content (AvgIpc) is 2.37. The van der Waals surface area contributed by atoms with Gasteiger partial charge in [-0.3, -0.25) is 4.90 Å². The third-order valence-corrected chi connectivity index (χ3v) is 4.00. The van der Waals surface area contributed by atoms with Gasteiger partial charge in [-0.1, -0.05) is 18.6 Å². The van der Waals surface area contributed by atoms with Gasteiger partial charge in [0.1, 0.15) is 11.6 Å². The third kappa shape index (κ3) is 2.59. The third-order valence-electron chi connectivity index (χ3n) is 4.00. The highest BCUT2D eigenvalue weighted by atomic mass is 16.3. The number of anilines is 1. The van der Waals surface area contributed by atoms with Gasteiger partial charge in [0.15, 0.2) is 0 Å². The van der Waals surface area contributed by atoms with E-state index in [4.69, 9.17) is 5.73 Å². The van der Waals surface area contributed by atoms with Gasteiger partial charge in [-0.15, -0.1) is 0 Å². The second kappa shape index (κ2) is 5.73. The van der Waals surface area contributed by atoms with E-state index in [1.165, 1.54) is 19.3 Å². The lowest BCUT2D eigenvalue weighted by molar-refractivity contribution is 0.0922. The fourth-order valence-corrected chi connectivity index (χ4v) is 2.67. The lowest BCUT2D eigenvalue weighted by atomic mass is 9.91. The SMILES string of the molecule is Nc1nc(CN(CCO)C2CCC2)nc2ccccc12. The first-order valence-electron chi connectivity index (χ1n) is 7.14. The van der Waals surface area contributed by atoms with Gasteiger partial charge in [-0.2, -0.15) is 0 Å². The predicted octanol–water partition coefficient (Wildman–Crippen LogP) is 1.56. The Bertz CT molecular complexity index is 597. The van der Waals surface area contributed by atoms with Gasteiger partial charge in [0.05, 0.1) is 18.7 Å². The summed E-state index contributed by atoms with van der Waals surface area (Å²) in [6.45, 7) is 1.49. The van der Waals surface area contributed by atoms with Crippen LogP contribution in [0.4, 0.5) is 5.82 Å². The number of rotatable bonds is 5. The Kier molecular flexibility index (Phi) is 3.80. The van der Waals surface area contributed by atoms with E-state index in [9.17, 15) is 5.11 Å². The molecule has 0 amide bonds. The van der Waals surface area contributed by atoms with E-state index >= 15 is 0 Å². The molecule has 0 spiro atoms. The predicted molar refractivity (Wildman–Crippen MR) is 79.1 cm³/mol. The van der Waals surface area contributed by atoms with E-state index in [-0.39, 0.29) is 6.61 Å². The molecule has 0 saturated heterocycles. The standard InChI is InChI=1S/C15H20N4O/c16-15-12-6-1-2-7-13(12)17-14(18-15)10-19(8-9-20)11-4-3-5-11/h1-2,6-7,11,20H,3-5,8-10H2,(H2,16,17,18). The minimum absolute atomic E-state index is 0.166. The highest BCUT2D eigenvalue weighted by Crippen LogP contribution is 2.26. The summed E-state index contributed by atoms with van der Waals surface area (Å²) in [4.78, 5) is 11.2. The van der Waals surface area contributed by atoms with Crippen molar-refractivity contribution in [2.24, 2.45) is 0 Å². The zero-order valence-electron chi connectivity index (χ0n) is 11.5. The van der Waals surface area contributed by atoms with Crippen LogP contribution < -0.4 is 5.73 Å². The van der Waals surface area contributed by atoms with Crippen molar-refractivity contribution in [1.29, 1.82) is 0 Å². The quantitative estimate of drug-likeness (QED) is 0.864. The van der Waals surface area contributed by atoms with E-state index in [0.717, 1.165) is 16.7 Å². The van der Waals surface area contributed by atoms with Crippen LogP contribution >= 0.6 is 0 Å². The zero-order chi connectivity index (χ0) is 13.9. The van der Waals surface area contributed by atoms with E-state index < -0.39 is 0 Å². The van der Waals surface area contributed by atoms with Crippen molar-refractivity contribution < 1.29 is 5.11 Å². The monoisotopic (exact) mass is 272 g/mol. The molecule has 5 nitrogen and oxygen atoms in total. The van der Waals surface area contributed by atoms with Gasteiger partial charge in [-0.25, -0.2) is 9.97 Å². The van der Waals surface area contributed by atoms with Crippen LogP contribution in [0.3, 0.4) is 0 Å². The summed E-state index contributed by atoms with van der Waals surface area (Å²) in [6.07, 6.45) is 3.67. The maximum absolute atomic E-state index is 9.20. The van der Waals surface area contributed by atoms with Crippen molar-refractivity contribution in [3.8, 4) is 0 Å². The van der Waals surface area contributed by atoms with Gasteiger partial charge in [-0.05, 0) is 25.0 Å². The van der Waals surface area contributed by atoms with E-state index in [2.05, 4.69) is 14.9 Å². The number of aliphatic hydroxyl groups is 1. The lowest BCUT2D eigenvalue weighted by Gasteiger charge is -2.36. The first kappa shape index (κ1) is 13.3. The number of aromatic nitrogens is 2. The average molecular weight is 272 g/mol. The van der Waals surface area contributed by atoms with E-state index in [1.54, 1.807) is 0 Å². The number of hydrogen-bond donors (Lipinski definition) is 2. The number of nitrogen functional groups attached to an aromatic ring is 1. The maximum Gasteiger partial charge on any atom is 0.145 e. The molecule has 1 aliphatic carbocycles. The minimum Gasteiger partial charge on any atom is -0.395 e. The number of benzene rings is 1. The Balaban J connectivity index is 1.85. The highest BCUT2D eigenvalue weighted by molar-refractivity contribution is 5.87. The van der Waals surface area contributed by atoms with Crippen LogP contribution in [0, 0.1) is 0 Å². The summed E-state index contributed by atoms with van der Waals surface area (Å²) in [5, 5.41) is 10.1. The Hall–Kier alpha value is -1.72. The van der Waals surface area contributed by atoms with Crippen LogP contribution in [0.1, 0.15) is 25.1 Å². The molecule has 1 fully saturated rings. The second-order valence-electron chi connectivity index (χ2n) is 5.32. The molecule has 0 unspecified atom stereocenters. The topological polar surface area (TPSA) is 75.3 Å². The molecule has 2 aromatic rings. The van der Waals surface area contributed by atoms with Crippen molar-refractivity contribution in [2.45, 2.75) is 31.8 Å². The van der Waals surface area contributed by atoms with Crippen LogP contribution in [0.25, 0.3) is 10.9 Å². The molecule has 106 valence electrons. The van der Waals surface area contributed by atoms with Gasteiger partial charge in [0, 0.05) is 18.0 Å². The van der Waals surface area contributed by atoms with Crippen molar-refractivity contribution in [2.75, 3.05) is 18.9 Å². The molecule has 3 rings (SSSR count). The van der Waals surface area contributed by atoms with Crippen LogP contribution in [-0.2, 0) is 6.54 Å². The largest absolute Gasteiger partial charge is 0.395 e. The summed E-state index contributed by atoms with van der Waals surface area (Å²) >= 11 is 0. The molecular weight excluding hydrogens is 252 g/mol. The van der Waals surface area contributed by atoms with E-state index in [0.29, 0.717) is 24.9 Å². The van der Waals surface area contributed by atoms with Gasteiger partial charge in [0.2, 0.25) is 0 Å². The molecule has 1 heterocycles. The number of nitrogens with two attached hydrogens (primary N) is 1. The first-order chi connectivity index (χ1) is 9.78. The lowest BCUT2D eigenvalue weighted by Crippen LogP contribution is -2.41. The molecule has 0 bridgehead atoms. The molecule has 20 heavy (non-hydrogen) atoms. The van der Waals surface area contributed by atoms with Crippen LogP contribution in [0.2, 0.25) is 0 Å². The molecule has 1 aromatic carbocycles. The summed E-state index contributed by atoms with van der Waals surface area (Å²) in [5.41, 5.74) is 6.89. The van der Waals surface area contributed by atoms with Crippen LogP contribution in [-0.4, -0.2) is 39.2 Å². The van der Waals surface area contributed by atoms with Crippen molar-refractivity contribution in [3.63, 3.8) is 0 Å². The molecule has 0 radical (unpaired) electrons. The normalized spacial score (nSPS) is 15.7. The fraction of sp³-hybridized carbons (Fsp3) is 0.467. The maximum atomic E-state index is 9.20. The minimum atomic E-state index is 0.166. The van der Waals surface area contributed by atoms with Crippen molar-refractivity contribution in [1.82, 2.24) is 14.9 Å². The molecule has 1 aromatic heterocycles. The molecule has 1 saturated carbocycles. The Morgan fingerprint density at radius 3 is 2.75 bits per heavy atom. The zero-order valence-corrected chi connectivity index (χ0v) is 11.5.